The molecule has 0 aliphatic rings. The highest BCUT2D eigenvalue weighted by Gasteiger charge is 2.22. The van der Waals surface area contributed by atoms with Crippen molar-refractivity contribution in [3.63, 3.8) is 0 Å². The fourth-order valence-corrected chi connectivity index (χ4v) is 1.86. The number of carbonyl (C=O) groups is 2. The molecule has 0 fully saturated rings. The second-order valence-electron chi connectivity index (χ2n) is 4.99. The van der Waals surface area contributed by atoms with Crippen LogP contribution >= 0.6 is 0 Å². The van der Waals surface area contributed by atoms with Crippen LogP contribution in [0.3, 0.4) is 0 Å². The first-order valence-corrected chi connectivity index (χ1v) is 6.19. The van der Waals surface area contributed by atoms with Gasteiger partial charge in [-0.15, -0.1) is 0 Å². The maximum atomic E-state index is 12.0. The summed E-state index contributed by atoms with van der Waals surface area (Å²) in [5.41, 5.74) is 0.846. The summed E-state index contributed by atoms with van der Waals surface area (Å²) in [4.78, 5) is 37.4. The molecule has 1 aromatic rings. The maximum Gasteiger partial charge on any atom is 0.363 e. The van der Waals surface area contributed by atoms with Crippen LogP contribution in [0.2, 0.25) is 0 Å². The van der Waals surface area contributed by atoms with E-state index < -0.39 is 10.8 Å². The van der Waals surface area contributed by atoms with Crippen molar-refractivity contribution in [3.8, 4) is 0 Å². The van der Waals surface area contributed by atoms with E-state index >= 15 is 0 Å². The minimum atomic E-state index is -0.619. The number of rotatable bonds is 4. The molecular weight excluding hydrogens is 262 g/mol. The van der Waals surface area contributed by atoms with Gasteiger partial charge in [-0.25, -0.2) is 0 Å². The molecule has 0 aliphatic heterocycles. The number of nitrogens with one attached hydrogen (secondary N) is 1. The first-order valence-electron chi connectivity index (χ1n) is 6.19. The van der Waals surface area contributed by atoms with Crippen LogP contribution in [-0.4, -0.2) is 21.7 Å². The SMILES string of the molecule is Cc1cc([N+](=O)[O-])nc(C)c1C(=O)NC(=O)CC(C)C. The van der Waals surface area contributed by atoms with Crippen LogP contribution in [-0.2, 0) is 4.79 Å². The van der Waals surface area contributed by atoms with Gasteiger partial charge in [-0.3, -0.25) is 14.9 Å². The standard InChI is InChI=1S/C13H17N3O4/c1-7(2)5-11(17)15-13(18)12-8(3)6-10(16(19)20)14-9(12)4/h6-7H,5H2,1-4H3,(H,15,17,18). The number of amides is 2. The van der Waals surface area contributed by atoms with Crippen molar-refractivity contribution in [2.75, 3.05) is 0 Å². The molecule has 0 saturated heterocycles. The third-order valence-electron chi connectivity index (χ3n) is 2.64. The second kappa shape index (κ2) is 6.23. The number of imide groups is 1. The lowest BCUT2D eigenvalue weighted by Gasteiger charge is -2.08. The second-order valence-corrected chi connectivity index (χ2v) is 4.99. The van der Waals surface area contributed by atoms with Crippen molar-refractivity contribution in [1.29, 1.82) is 0 Å². The third-order valence-corrected chi connectivity index (χ3v) is 2.64. The topological polar surface area (TPSA) is 102 Å². The van der Waals surface area contributed by atoms with Gasteiger partial charge in [-0.2, -0.15) is 0 Å². The minimum absolute atomic E-state index is 0.139. The number of carbonyl (C=O) groups excluding carboxylic acids is 2. The van der Waals surface area contributed by atoms with Crippen molar-refractivity contribution in [2.45, 2.75) is 34.1 Å². The first-order chi connectivity index (χ1) is 9.22. The Hall–Kier alpha value is -2.31. The Kier molecular flexibility index (Phi) is 4.90. The molecule has 0 aliphatic carbocycles. The summed E-state index contributed by atoms with van der Waals surface area (Å²) in [5, 5.41) is 12.9. The molecule has 0 unspecified atom stereocenters. The molecular formula is C13H17N3O4. The van der Waals surface area contributed by atoms with Crippen LogP contribution in [0, 0.1) is 29.9 Å². The molecule has 0 aromatic carbocycles. The molecule has 0 atom stereocenters. The summed E-state index contributed by atoms with van der Waals surface area (Å²) in [6.07, 6.45) is 0.240. The van der Waals surface area contributed by atoms with Crippen molar-refractivity contribution in [3.05, 3.63) is 33.0 Å². The largest absolute Gasteiger partial charge is 0.363 e. The zero-order chi connectivity index (χ0) is 15.4. The first kappa shape index (κ1) is 15.7. The summed E-state index contributed by atoms with van der Waals surface area (Å²) >= 11 is 0. The number of pyridine rings is 1. The molecule has 0 spiro atoms. The van der Waals surface area contributed by atoms with E-state index in [9.17, 15) is 19.7 Å². The van der Waals surface area contributed by atoms with Crippen LogP contribution in [0.5, 0.6) is 0 Å². The van der Waals surface area contributed by atoms with E-state index in [0.29, 0.717) is 5.56 Å². The number of nitro groups is 1. The Labute approximate surface area is 116 Å². The maximum absolute atomic E-state index is 12.0. The Bertz CT molecular complexity index is 544. The van der Waals surface area contributed by atoms with Gasteiger partial charge in [-0.1, -0.05) is 13.8 Å². The Balaban J connectivity index is 2.99. The van der Waals surface area contributed by atoms with E-state index in [1.54, 1.807) is 6.92 Å². The van der Waals surface area contributed by atoms with Gasteiger partial charge < -0.3 is 10.1 Å². The highest BCUT2D eigenvalue weighted by Crippen LogP contribution is 2.18. The number of nitrogens with zero attached hydrogens (tertiary/aromatic N) is 2. The molecule has 108 valence electrons. The van der Waals surface area contributed by atoms with E-state index in [0.717, 1.165) is 0 Å². The Morgan fingerprint density at radius 3 is 2.45 bits per heavy atom. The van der Waals surface area contributed by atoms with Crippen LogP contribution < -0.4 is 5.32 Å². The molecule has 2 amide bonds. The Morgan fingerprint density at radius 1 is 1.40 bits per heavy atom. The van der Waals surface area contributed by atoms with E-state index in [1.165, 1.54) is 13.0 Å². The summed E-state index contributed by atoms with van der Waals surface area (Å²) in [5.74, 6) is -1.12. The van der Waals surface area contributed by atoms with Crippen LogP contribution in [0.25, 0.3) is 0 Å². The molecule has 1 aromatic heterocycles. The third kappa shape index (κ3) is 3.84. The summed E-state index contributed by atoms with van der Waals surface area (Å²) in [7, 11) is 0. The highest BCUT2D eigenvalue weighted by molar-refractivity contribution is 6.06. The zero-order valence-electron chi connectivity index (χ0n) is 11.9. The van der Waals surface area contributed by atoms with Gasteiger partial charge in [0.15, 0.2) is 5.69 Å². The molecule has 0 saturated carbocycles. The molecule has 1 N–H and O–H groups in total. The average molecular weight is 279 g/mol. The minimum Gasteiger partial charge on any atom is -0.358 e. The lowest BCUT2D eigenvalue weighted by atomic mass is 10.1. The van der Waals surface area contributed by atoms with Crippen molar-refractivity contribution < 1.29 is 14.5 Å². The van der Waals surface area contributed by atoms with E-state index in [-0.39, 0.29) is 35.3 Å². The number of aromatic nitrogens is 1. The van der Waals surface area contributed by atoms with Crippen LogP contribution in [0.1, 0.15) is 41.9 Å². The lowest BCUT2D eigenvalue weighted by Crippen LogP contribution is -2.32. The number of hydrogen-bond acceptors (Lipinski definition) is 5. The smallest absolute Gasteiger partial charge is 0.358 e. The molecule has 7 nitrogen and oxygen atoms in total. The predicted molar refractivity (Wildman–Crippen MR) is 72.3 cm³/mol. The summed E-state index contributed by atoms with van der Waals surface area (Å²) < 4.78 is 0. The quantitative estimate of drug-likeness (QED) is 0.670. The summed E-state index contributed by atoms with van der Waals surface area (Å²) in [6, 6.07) is 1.22. The molecule has 0 bridgehead atoms. The van der Waals surface area contributed by atoms with Gasteiger partial charge in [0.1, 0.15) is 0 Å². The highest BCUT2D eigenvalue weighted by atomic mass is 16.6. The molecule has 1 heterocycles. The van der Waals surface area contributed by atoms with Gasteiger partial charge in [0.25, 0.3) is 5.91 Å². The van der Waals surface area contributed by atoms with Crippen LogP contribution in [0.15, 0.2) is 6.07 Å². The molecule has 1 rings (SSSR count). The van der Waals surface area contributed by atoms with E-state index in [2.05, 4.69) is 10.3 Å². The van der Waals surface area contributed by atoms with Gasteiger partial charge in [0.2, 0.25) is 5.91 Å². The van der Waals surface area contributed by atoms with Gasteiger partial charge >= 0.3 is 5.82 Å². The van der Waals surface area contributed by atoms with E-state index in [1.807, 2.05) is 13.8 Å². The fraction of sp³-hybridized carbons (Fsp3) is 0.462. The van der Waals surface area contributed by atoms with Gasteiger partial charge in [0.05, 0.1) is 5.56 Å². The van der Waals surface area contributed by atoms with Gasteiger partial charge in [0, 0.05) is 19.4 Å². The summed E-state index contributed by atoms with van der Waals surface area (Å²) in [6.45, 7) is 6.81. The molecule has 0 radical (unpaired) electrons. The fourth-order valence-electron chi connectivity index (χ4n) is 1.86. The van der Waals surface area contributed by atoms with Gasteiger partial charge in [-0.05, 0) is 28.3 Å². The number of aryl methyl sites for hydroxylation is 2. The molecule has 20 heavy (non-hydrogen) atoms. The van der Waals surface area contributed by atoms with Crippen LogP contribution in [0.4, 0.5) is 5.82 Å². The average Bonchev–Trinajstić information content (AvgIpc) is 2.25. The van der Waals surface area contributed by atoms with Crippen molar-refractivity contribution in [1.82, 2.24) is 10.3 Å². The monoisotopic (exact) mass is 279 g/mol. The molecule has 7 heteroatoms. The Morgan fingerprint density at radius 2 is 2.00 bits per heavy atom. The van der Waals surface area contributed by atoms with Crippen molar-refractivity contribution >= 4 is 17.6 Å². The van der Waals surface area contributed by atoms with Crippen molar-refractivity contribution in [2.24, 2.45) is 5.92 Å². The predicted octanol–water partition coefficient (Wildman–Crippen LogP) is 1.91. The number of hydrogen-bond donors (Lipinski definition) is 1. The zero-order valence-corrected chi connectivity index (χ0v) is 11.9. The normalized spacial score (nSPS) is 10.4. The lowest BCUT2D eigenvalue weighted by molar-refractivity contribution is -0.389. The van der Waals surface area contributed by atoms with E-state index in [4.69, 9.17) is 0 Å².